The van der Waals surface area contributed by atoms with Crippen molar-refractivity contribution in [1.82, 2.24) is 24.0 Å². The Labute approximate surface area is 196 Å². The van der Waals surface area contributed by atoms with Gasteiger partial charge in [0.05, 0.1) is 6.54 Å². The number of nitrogens with one attached hydrogen (secondary N) is 1. The first kappa shape index (κ1) is 24.9. The largest absolute Gasteiger partial charge is 0.480 e. The van der Waals surface area contributed by atoms with Crippen LogP contribution in [0, 0.1) is 11.8 Å². The van der Waals surface area contributed by atoms with Crippen LogP contribution in [0.15, 0.2) is 9.59 Å². The van der Waals surface area contributed by atoms with E-state index in [4.69, 9.17) is 9.84 Å². The van der Waals surface area contributed by atoms with Gasteiger partial charge in [0.25, 0.3) is 5.56 Å². The maximum Gasteiger partial charge on any atom is 0.407 e. The number of carbonyl (C=O) groups excluding carboxylic acids is 1. The van der Waals surface area contributed by atoms with Crippen LogP contribution in [0.2, 0.25) is 0 Å². The van der Waals surface area contributed by atoms with E-state index in [2.05, 4.69) is 22.1 Å². The third-order valence-electron chi connectivity index (χ3n) is 5.34. The van der Waals surface area contributed by atoms with Crippen molar-refractivity contribution in [1.29, 1.82) is 0 Å². The molecule has 2 N–H and O–H groups in total. The van der Waals surface area contributed by atoms with E-state index in [1.165, 1.54) is 11.6 Å². The van der Waals surface area contributed by atoms with Crippen LogP contribution in [0.5, 0.6) is 0 Å². The molecule has 3 rings (SSSR count). The maximum atomic E-state index is 13.1. The second kappa shape index (κ2) is 9.62. The summed E-state index contributed by atoms with van der Waals surface area (Å²) >= 11 is 0. The first-order valence-corrected chi connectivity index (χ1v) is 11.0. The van der Waals surface area contributed by atoms with Crippen molar-refractivity contribution in [3.05, 3.63) is 20.8 Å². The van der Waals surface area contributed by atoms with E-state index in [-0.39, 0.29) is 23.8 Å². The molecule has 0 bridgehead atoms. The van der Waals surface area contributed by atoms with Gasteiger partial charge in [0.15, 0.2) is 11.2 Å². The summed E-state index contributed by atoms with van der Waals surface area (Å²) in [5.74, 6) is 4.83. The van der Waals surface area contributed by atoms with E-state index in [0.717, 1.165) is 12.8 Å². The molecular formula is C22H30N6O6. The van der Waals surface area contributed by atoms with Crippen molar-refractivity contribution in [3.8, 4) is 11.8 Å². The van der Waals surface area contributed by atoms with E-state index < -0.39 is 35.5 Å². The number of aromatic nitrogens is 4. The lowest BCUT2D eigenvalue weighted by Crippen LogP contribution is -2.49. The molecule has 1 amide bonds. The Morgan fingerprint density at radius 1 is 1.26 bits per heavy atom. The van der Waals surface area contributed by atoms with Gasteiger partial charge in [-0.15, -0.1) is 5.92 Å². The molecule has 1 aliphatic rings. The molecule has 34 heavy (non-hydrogen) atoms. The average Bonchev–Trinajstić information content (AvgIpc) is 3.12. The van der Waals surface area contributed by atoms with Gasteiger partial charge in [-0.25, -0.2) is 14.2 Å². The van der Waals surface area contributed by atoms with E-state index in [9.17, 15) is 19.2 Å². The first-order valence-electron chi connectivity index (χ1n) is 11.0. The van der Waals surface area contributed by atoms with Crippen molar-refractivity contribution >= 4 is 29.2 Å². The lowest BCUT2D eigenvalue weighted by Gasteiger charge is -2.34. The molecule has 12 heteroatoms. The molecular weight excluding hydrogens is 444 g/mol. The molecule has 0 radical (unpaired) electrons. The molecule has 0 saturated carbocycles. The fraction of sp³-hybridized carbons (Fsp3) is 0.591. The predicted molar refractivity (Wildman–Crippen MR) is 125 cm³/mol. The van der Waals surface area contributed by atoms with Gasteiger partial charge in [-0.3, -0.25) is 18.7 Å². The Kier molecular flexibility index (Phi) is 7.04. The summed E-state index contributed by atoms with van der Waals surface area (Å²) < 4.78 is 8.80. The van der Waals surface area contributed by atoms with Gasteiger partial charge in [0.2, 0.25) is 5.95 Å². The van der Waals surface area contributed by atoms with E-state index >= 15 is 0 Å². The number of aliphatic carboxylic acids is 1. The summed E-state index contributed by atoms with van der Waals surface area (Å²) in [6, 6.07) is -0.207. The quantitative estimate of drug-likeness (QED) is 0.597. The minimum Gasteiger partial charge on any atom is -0.480 e. The molecule has 0 aliphatic carbocycles. The number of hydrogen-bond acceptors (Lipinski definition) is 7. The Balaban J connectivity index is 2.05. The zero-order chi connectivity index (χ0) is 25.2. The van der Waals surface area contributed by atoms with Gasteiger partial charge in [-0.05, 0) is 40.5 Å². The van der Waals surface area contributed by atoms with Crippen molar-refractivity contribution in [3.63, 3.8) is 0 Å². The van der Waals surface area contributed by atoms with Crippen LogP contribution in [0.3, 0.4) is 0 Å². The summed E-state index contributed by atoms with van der Waals surface area (Å²) in [7, 11) is 1.44. The highest BCUT2D eigenvalue weighted by Gasteiger charge is 2.29. The number of ether oxygens (including phenoxy) is 1. The molecule has 1 aliphatic heterocycles. The molecule has 0 spiro atoms. The molecule has 3 heterocycles. The summed E-state index contributed by atoms with van der Waals surface area (Å²) in [4.78, 5) is 55.8. The van der Waals surface area contributed by atoms with Crippen LogP contribution in [-0.4, -0.2) is 60.6 Å². The number of nitrogens with zero attached hydrogens (tertiary/aromatic N) is 5. The lowest BCUT2D eigenvalue weighted by molar-refractivity contribution is -0.137. The Hall–Kier alpha value is -3.75. The summed E-state index contributed by atoms with van der Waals surface area (Å²) in [6.07, 6.45) is 0.989. The lowest BCUT2D eigenvalue weighted by atomic mass is 10.1. The maximum absolute atomic E-state index is 13.1. The second-order valence-corrected chi connectivity index (χ2v) is 9.15. The number of aryl methyl sites for hydroxylation is 1. The Morgan fingerprint density at radius 3 is 2.59 bits per heavy atom. The number of carbonyl (C=O) groups is 2. The van der Waals surface area contributed by atoms with E-state index in [0.29, 0.717) is 23.6 Å². The fourth-order valence-electron chi connectivity index (χ4n) is 3.93. The predicted octanol–water partition coefficient (Wildman–Crippen LogP) is 0.498. The number of alkyl carbamates (subject to hydrolysis) is 1. The van der Waals surface area contributed by atoms with E-state index in [1.54, 1.807) is 32.3 Å². The third kappa shape index (κ3) is 5.24. The van der Waals surface area contributed by atoms with Crippen molar-refractivity contribution in [2.24, 2.45) is 7.05 Å². The standard InChI is InChI=1S/C22H30N6O6/c1-6-7-11-27-16-17(25(5)21(33)28(18(16)31)13-15(29)30)24-19(27)26-10-8-9-14(12-26)23-20(32)34-22(2,3)4/h14H,8-13H2,1-5H3,(H,23,32)(H,29,30)/t14-/m1/s1. The number of hydrogen-bond donors (Lipinski definition) is 2. The highest BCUT2D eigenvalue weighted by Crippen LogP contribution is 2.23. The molecule has 2 aromatic heterocycles. The highest BCUT2D eigenvalue weighted by molar-refractivity contribution is 5.75. The number of piperidine rings is 1. The number of fused-ring (bicyclic) bond motifs is 1. The molecule has 0 aromatic carbocycles. The number of carboxylic acids is 1. The molecule has 1 saturated heterocycles. The molecule has 1 atom stereocenters. The van der Waals surface area contributed by atoms with Crippen LogP contribution in [-0.2, 0) is 29.7 Å². The van der Waals surface area contributed by atoms with Crippen molar-refractivity contribution in [2.75, 3.05) is 18.0 Å². The monoisotopic (exact) mass is 474 g/mol. The number of amides is 1. The van der Waals surface area contributed by atoms with Gasteiger partial charge in [0.1, 0.15) is 12.1 Å². The van der Waals surface area contributed by atoms with Gasteiger partial charge in [0, 0.05) is 26.2 Å². The third-order valence-corrected chi connectivity index (χ3v) is 5.34. The van der Waals surface area contributed by atoms with Crippen LogP contribution in [0.25, 0.3) is 11.2 Å². The molecule has 12 nitrogen and oxygen atoms in total. The first-order chi connectivity index (χ1) is 15.9. The zero-order valence-electron chi connectivity index (χ0n) is 20.0. The van der Waals surface area contributed by atoms with Gasteiger partial charge in [-0.2, -0.15) is 4.98 Å². The molecule has 2 aromatic rings. The second-order valence-electron chi connectivity index (χ2n) is 9.15. The summed E-state index contributed by atoms with van der Waals surface area (Å²) in [6.45, 7) is 7.44. The SMILES string of the molecule is CC#CCn1c(N2CCC[C@@H](NC(=O)OC(C)(C)C)C2)nc2c1c(=O)n(CC(=O)O)c(=O)n2C. The molecule has 0 unspecified atom stereocenters. The topological polar surface area (TPSA) is 141 Å². The minimum atomic E-state index is -1.30. The van der Waals surface area contributed by atoms with Gasteiger partial charge >= 0.3 is 17.8 Å². The smallest absolute Gasteiger partial charge is 0.407 e. The number of carboxylic acid groups (broad SMARTS) is 1. The Bertz CT molecular complexity index is 1290. The van der Waals surface area contributed by atoms with Gasteiger partial charge in [-0.1, -0.05) is 5.92 Å². The van der Waals surface area contributed by atoms with Crippen LogP contribution < -0.4 is 21.5 Å². The number of anilines is 1. The highest BCUT2D eigenvalue weighted by atomic mass is 16.6. The van der Waals surface area contributed by atoms with Crippen molar-refractivity contribution < 1.29 is 19.4 Å². The van der Waals surface area contributed by atoms with Crippen LogP contribution in [0.4, 0.5) is 10.7 Å². The number of imidazole rings is 1. The Morgan fingerprint density at radius 2 is 1.97 bits per heavy atom. The normalized spacial score (nSPS) is 16.1. The average molecular weight is 475 g/mol. The number of rotatable bonds is 5. The van der Waals surface area contributed by atoms with Crippen LogP contribution in [0.1, 0.15) is 40.5 Å². The van der Waals surface area contributed by atoms with Crippen LogP contribution >= 0.6 is 0 Å². The van der Waals surface area contributed by atoms with Crippen molar-refractivity contribution in [2.45, 2.75) is 65.3 Å². The minimum absolute atomic E-state index is 0.100. The summed E-state index contributed by atoms with van der Waals surface area (Å²) in [5, 5.41) is 12.0. The molecule has 184 valence electrons. The summed E-state index contributed by atoms with van der Waals surface area (Å²) in [5.41, 5.74) is -1.88. The fourth-order valence-corrected chi connectivity index (χ4v) is 3.93. The molecule has 1 fully saturated rings. The van der Waals surface area contributed by atoms with Gasteiger partial charge < -0.3 is 20.1 Å². The van der Waals surface area contributed by atoms with E-state index in [1.807, 2.05) is 4.90 Å². The zero-order valence-corrected chi connectivity index (χ0v) is 20.0.